The molecule has 0 saturated carbocycles. The van der Waals surface area contributed by atoms with E-state index in [1.807, 2.05) is 39.1 Å². The van der Waals surface area contributed by atoms with Gasteiger partial charge in [0.1, 0.15) is 5.82 Å². The predicted molar refractivity (Wildman–Crippen MR) is 138 cm³/mol. The van der Waals surface area contributed by atoms with Gasteiger partial charge in [0, 0.05) is 41.5 Å². The average molecular weight is 518 g/mol. The van der Waals surface area contributed by atoms with E-state index in [-0.39, 0.29) is 5.56 Å². The molecule has 11 heteroatoms. The molecule has 0 fully saturated rings. The lowest BCUT2D eigenvalue weighted by molar-refractivity contribution is -0.137. The van der Waals surface area contributed by atoms with Crippen LogP contribution < -0.4 is 10.6 Å². The zero-order valence-corrected chi connectivity index (χ0v) is 20.6. The number of carbonyl (C=O) groups is 1. The largest absolute Gasteiger partial charge is 0.416 e. The van der Waals surface area contributed by atoms with Crippen LogP contribution in [0.15, 0.2) is 67.0 Å². The van der Waals surface area contributed by atoms with Crippen LogP contribution in [-0.2, 0) is 13.2 Å². The minimum absolute atomic E-state index is 0.0892. The zero-order valence-electron chi connectivity index (χ0n) is 20.6. The van der Waals surface area contributed by atoms with Gasteiger partial charge in [-0.25, -0.2) is 9.97 Å². The van der Waals surface area contributed by atoms with E-state index >= 15 is 0 Å². The Morgan fingerprint density at radius 1 is 0.974 bits per heavy atom. The Morgan fingerprint density at radius 3 is 2.53 bits per heavy atom. The van der Waals surface area contributed by atoms with Gasteiger partial charge < -0.3 is 10.6 Å². The SMILES string of the molecule is Cc1cc(Nc2ncc3cc(-c4cc(NC(=O)c5cccc(C(F)(F)F)c5)ccc4C)ncc3n2)n(C)n1. The van der Waals surface area contributed by atoms with Crippen LogP contribution in [0, 0.1) is 13.8 Å². The molecule has 1 amide bonds. The average Bonchev–Trinajstić information content (AvgIpc) is 3.20. The molecule has 5 aromatic rings. The van der Waals surface area contributed by atoms with Gasteiger partial charge in [0.05, 0.1) is 28.7 Å². The van der Waals surface area contributed by atoms with Crippen molar-refractivity contribution in [2.75, 3.05) is 10.6 Å². The molecule has 2 aromatic carbocycles. The van der Waals surface area contributed by atoms with Crippen molar-refractivity contribution in [3.8, 4) is 11.3 Å². The number of benzene rings is 2. The van der Waals surface area contributed by atoms with E-state index in [1.54, 1.807) is 29.2 Å². The van der Waals surface area contributed by atoms with Crippen LogP contribution in [0.1, 0.15) is 27.2 Å². The molecular formula is C27H22F3N7O. The molecule has 0 atom stereocenters. The zero-order chi connectivity index (χ0) is 27.0. The van der Waals surface area contributed by atoms with E-state index < -0.39 is 17.6 Å². The van der Waals surface area contributed by atoms with Crippen LogP contribution in [0.5, 0.6) is 0 Å². The molecular weight excluding hydrogens is 495 g/mol. The number of alkyl halides is 3. The van der Waals surface area contributed by atoms with Crippen LogP contribution in [0.4, 0.5) is 30.6 Å². The highest BCUT2D eigenvalue weighted by Gasteiger charge is 2.30. The topological polar surface area (TPSA) is 97.6 Å². The number of nitrogens with zero attached hydrogens (tertiary/aromatic N) is 5. The number of fused-ring (bicyclic) bond motifs is 1. The van der Waals surface area contributed by atoms with Crippen molar-refractivity contribution in [3.63, 3.8) is 0 Å². The van der Waals surface area contributed by atoms with Gasteiger partial charge in [0.25, 0.3) is 5.91 Å². The molecule has 0 radical (unpaired) electrons. The van der Waals surface area contributed by atoms with E-state index in [4.69, 9.17) is 0 Å². The molecule has 192 valence electrons. The quantitative estimate of drug-likeness (QED) is 0.294. The van der Waals surface area contributed by atoms with Crippen LogP contribution >= 0.6 is 0 Å². The molecule has 0 bridgehead atoms. The monoisotopic (exact) mass is 517 g/mol. The predicted octanol–water partition coefficient (Wildman–Crippen LogP) is 6.06. The highest BCUT2D eigenvalue weighted by atomic mass is 19.4. The minimum atomic E-state index is -4.53. The fraction of sp³-hybridized carbons (Fsp3) is 0.148. The number of aryl methyl sites for hydroxylation is 3. The lowest BCUT2D eigenvalue weighted by atomic mass is 10.0. The summed E-state index contributed by atoms with van der Waals surface area (Å²) in [7, 11) is 1.82. The molecule has 0 unspecified atom stereocenters. The lowest BCUT2D eigenvalue weighted by Gasteiger charge is -2.12. The minimum Gasteiger partial charge on any atom is -0.322 e. The first-order valence-electron chi connectivity index (χ1n) is 11.6. The van der Waals surface area contributed by atoms with Gasteiger partial charge in [-0.3, -0.25) is 14.5 Å². The van der Waals surface area contributed by atoms with Crippen LogP contribution in [0.2, 0.25) is 0 Å². The Hall–Kier alpha value is -4.80. The molecule has 38 heavy (non-hydrogen) atoms. The Balaban J connectivity index is 1.39. The summed E-state index contributed by atoms with van der Waals surface area (Å²) >= 11 is 0. The third-order valence-corrected chi connectivity index (χ3v) is 5.93. The molecule has 0 saturated heterocycles. The molecule has 2 N–H and O–H groups in total. The van der Waals surface area contributed by atoms with Gasteiger partial charge in [-0.05, 0) is 55.8 Å². The Labute approximate surface area is 215 Å². The molecule has 0 aliphatic carbocycles. The molecule has 0 aliphatic heterocycles. The van der Waals surface area contributed by atoms with Gasteiger partial charge in [-0.2, -0.15) is 18.3 Å². The third kappa shape index (κ3) is 5.17. The van der Waals surface area contributed by atoms with E-state index in [2.05, 4.69) is 30.7 Å². The van der Waals surface area contributed by atoms with Crippen molar-refractivity contribution in [3.05, 3.63) is 89.4 Å². The molecule has 0 aliphatic rings. The second-order valence-corrected chi connectivity index (χ2v) is 8.80. The standard InChI is InChI=1S/C27H22F3N7O/c1-15-7-8-20(33-25(38)17-5-4-6-19(10-17)27(28,29)30)12-21(15)22-11-18-13-32-26(34-23(18)14-31-22)35-24-9-16(2)36-37(24)3/h4-14H,1-3H3,(H,33,38)(H,32,34,35). The lowest BCUT2D eigenvalue weighted by Crippen LogP contribution is -2.14. The number of halogens is 3. The number of carbonyl (C=O) groups excluding carboxylic acids is 1. The Bertz CT molecular complexity index is 1680. The number of nitrogens with one attached hydrogen (secondary N) is 2. The number of pyridine rings is 1. The summed E-state index contributed by atoms with van der Waals surface area (Å²) in [6.45, 7) is 3.80. The fourth-order valence-electron chi connectivity index (χ4n) is 4.00. The number of aromatic nitrogens is 5. The van der Waals surface area contributed by atoms with Gasteiger partial charge in [-0.15, -0.1) is 0 Å². The number of amides is 1. The second-order valence-electron chi connectivity index (χ2n) is 8.80. The van der Waals surface area contributed by atoms with Crippen LogP contribution in [0.3, 0.4) is 0 Å². The third-order valence-electron chi connectivity index (χ3n) is 5.93. The molecule has 3 aromatic heterocycles. The summed E-state index contributed by atoms with van der Waals surface area (Å²) in [4.78, 5) is 26.1. The van der Waals surface area contributed by atoms with E-state index in [1.165, 1.54) is 12.1 Å². The summed E-state index contributed by atoms with van der Waals surface area (Å²) < 4.78 is 40.8. The number of anilines is 3. The fourth-order valence-corrected chi connectivity index (χ4v) is 4.00. The molecule has 5 rings (SSSR count). The van der Waals surface area contributed by atoms with E-state index in [9.17, 15) is 18.0 Å². The first kappa shape index (κ1) is 24.9. The van der Waals surface area contributed by atoms with E-state index in [0.29, 0.717) is 22.8 Å². The normalized spacial score (nSPS) is 11.5. The van der Waals surface area contributed by atoms with Crippen LogP contribution in [0.25, 0.3) is 22.2 Å². The highest BCUT2D eigenvalue weighted by molar-refractivity contribution is 6.04. The maximum absolute atomic E-state index is 13.0. The van der Waals surface area contributed by atoms with Crippen molar-refractivity contribution in [2.24, 2.45) is 7.05 Å². The number of rotatable bonds is 5. The van der Waals surface area contributed by atoms with Crippen molar-refractivity contribution >= 4 is 34.3 Å². The number of hydrogen-bond donors (Lipinski definition) is 2. The van der Waals surface area contributed by atoms with Crippen molar-refractivity contribution in [1.82, 2.24) is 24.7 Å². The first-order chi connectivity index (χ1) is 18.1. The van der Waals surface area contributed by atoms with Gasteiger partial charge in [0.2, 0.25) is 5.95 Å². The molecule has 3 heterocycles. The summed E-state index contributed by atoms with van der Waals surface area (Å²) in [5.41, 5.74) is 3.25. The van der Waals surface area contributed by atoms with Gasteiger partial charge in [-0.1, -0.05) is 12.1 Å². The maximum atomic E-state index is 13.0. The van der Waals surface area contributed by atoms with E-state index in [0.717, 1.165) is 40.2 Å². The maximum Gasteiger partial charge on any atom is 0.416 e. The Morgan fingerprint density at radius 2 is 1.79 bits per heavy atom. The van der Waals surface area contributed by atoms with Crippen LogP contribution in [-0.4, -0.2) is 30.6 Å². The summed E-state index contributed by atoms with van der Waals surface area (Å²) in [5.74, 6) is 0.519. The second kappa shape index (κ2) is 9.58. The summed E-state index contributed by atoms with van der Waals surface area (Å²) in [6.07, 6.45) is -1.21. The number of hydrogen-bond acceptors (Lipinski definition) is 6. The smallest absolute Gasteiger partial charge is 0.322 e. The first-order valence-corrected chi connectivity index (χ1v) is 11.6. The van der Waals surface area contributed by atoms with Crippen molar-refractivity contribution in [1.29, 1.82) is 0 Å². The van der Waals surface area contributed by atoms with Crippen molar-refractivity contribution in [2.45, 2.75) is 20.0 Å². The molecule has 0 spiro atoms. The van der Waals surface area contributed by atoms with Gasteiger partial charge >= 0.3 is 6.18 Å². The summed E-state index contributed by atoms with van der Waals surface area (Å²) in [5, 5.41) is 10.9. The highest BCUT2D eigenvalue weighted by Crippen LogP contribution is 2.31. The van der Waals surface area contributed by atoms with Gasteiger partial charge in [0.15, 0.2) is 0 Å². The van der Waals surface area contributed by atoms with Crippen molar-refractivity contribution < 1.29 is 18.0 Å². The molecule has 8 nitrogen and oxygen atoms in total. The Kier molecular flexibility index (Phi) is 6.27. The summed E-state index contributed by atoms with van der Waals surface area (Å²) in [6, 6.07) is 13.2.